The quantitative estimate of drug-likeness (QED) is 0.418. The molecule has 9 heteroatoms. The molecule has 37 heavy (non-hydrogen) atoms. The number of rotatable bonds is 13. The molecule has 0 heterocycles. The SMILES string of the molecule is CCC(C(=O)NC(C)C)N(Cc1ccc(OC)cc1)C(=O)CCCN(c1ccc(C)c(C)c1)S(C)(=O)=O. The Bertz CT molecular complexity index is 1160. The monoisotopic (exact) mass is 531 g/mol. The Balaban J connectivity index is 2.23. The van der Waals surface area contributed by atoms with Crippen LogP contribution in [0.1, 0.15) is 56.7 Å². The van der Waals surface area contributed by atoms with E-state index in [-0.39, 0.29) is 37.4 Å². The first-order chi connectivity index (χ1) is 17.4. The molecule has 8 nitrogen and oxygen atoms in total. The molecule has 1 atom stereocenters. The van der Waals surface area contributed by atoms with E-state index in [1.807, 2.05) is 71.0 Å². The number of amides is 2. The van der Waals surface area contributed by atoms with E-state index in [9.17, 15) is 18.0 Å². The fourth-order valence-electron chi connectivity index (χ4n) is 4.11. The van der Waals surface area contributed by atoms with Gasteiger partial charge in [-0.2, -0.15) is 0 Å². The van der Waals surface area contributed by atoms with Crippen molar-refractivity contribution in [1.29, 1.82) is 0 Å². The molecule has 2 rings (SSSR count). The van der Waals surface area contributed by atoms with Gasteiger partial charge in [-0.1, -0.05) is 25.1 Å². The highest BCUT2D eigenvalue weighted by Crippen LogP contribution is 2.23. The van der Waals surface area contributed by atoms with E-state index in [0.717, 1.165) is 16.7 Å². The molecular weight excluding hydrogens is 490 g/mol. The molecule has 204 valence electrons. The Morgan fingerprint density at radius 3 is 2.19 bits per heavy atom. The summed E-state index contributed by atoms with van der Waals surface area (Å²) in [6.07, 6.45) is 2.06. The van der Waals surface area contributed by atoms with E-state index in [1.54, 1.807) is 18.1 Å². The number of carbonyl (C=O) groups is 2. The minimum atomic E-state index is -3.54. The van der Waals surface area contributed by atoms with Crippen molar-refractivity contribution in [2.24, 2.45) is 0 Å². The summed E-state index contributed by atoms with van der Waals surface area (Å²) in [7, 11) is -1.95. The van der Waals surface area contributed by atoms with Gasteiger partial charge in [-0.3, -0.25) is 13.9 Å². The number of sulfonamides is 1. The zero-order valence-electron chi connectivity index (χ0n) is 23.1. The Morgan fingerprint density at radius 2 is 1.68 bits per heavy atom. The number of hydrogen-bond donors (Lipinski definition) is 1. The van der Waals surface area contributed by atoms with E-state index in [2.05, 4.69) is 5.32 Å². The van der Waals surface area contributed by atoms with Gasteiger partial charge in [0.05, 0.1) is 19.1 Å². The van der Waals surface area contributed by atoms with Crippen molar-refractivity contribution in [2.45, 2.75) is 72.5 Å². The number of carbonyl (C=O) groups excluding carboxylic acids is 2. The second-order valence-corrected chi connectivity index (χ2v) is 11.6. The van der Waals surface area contributed by atoms with E-state index in [0.29, 0.717) is 24.3 Å². The van der Waals surface area contributed by atoms with Crippen LogP contribution in [0.2, 0.25) is 0 Å². The van der Waals surface area contributed by atoms with Crippen LogP contribution in [0.25, 0.3) is 0 Å². The van der Waals surface area contributed by atoms with Gasteiger partial charge in [-0.25, -0.2) is 8.42 Å². The van der Waals surface area contributed by atoms with E-state index < -0.39 is 16.1 Å². The summed E-state index contributed by atoms with van der Waals surface area (Å²) in [5, 5.41) is 2.92. The van der Waals surface area contributed by atoms with E-state index >= 15 is 0 Å². The van der Waals surface area contributed by atoms with Gasteiger partial charge in [-0.15, -0.1) is 0 Å². The van der Waals surface area contributed by atoms with Crippen LogP contribution < -0.4 is 14.4 Å². The van der Waals surface area contributed by atoms with Gasteiger partial charge >= 0.3 is 0 Å². The normalized spacial score (nSPS) is 12.2. The van der Waals surface area contributed by atoms with Crippen molar-refractivity contribution < 1.29 is 22.7 Å². The van der Waals surface area contributed by atoms with Crippen LogP contribution in [-0.2, 0) is 26.2 Å². The largest absolute Gasteiger partial charge is 0.497 e. The van der Waals surface area contributed by atoms with Crippen LogP contribution in [0.15, 0.2) is 42.5 Å². The smallest absolute Gasteiger partial charge is 0.243 e. The minimum Gasteiger partial charge on any atom is -0.497 e. The summed E-state index contributed by atoms with van der Waals surface area (Å²) in [6.45, 7) is 9.98. The topological polar surface area (TPSA) is 96.0 Å². The standard InChI is InChI=1S/C28H41N3O5S/c1-8-26(28(33)29-20(2)3)30(19-23-12-15-25(36-6)16-13-23)27(32)10-9-17-31(37(7,34)35)24-14-11-21(4)22(5)18-24/h11-16,18,20,26H,8-10,17,19H2,1-7H3,(H,29,33). The van der Waals surface area contributed by atoms with Gasteiger partial charge in [0, 0.05) is 25.6 Å². The van der Waals surface area contributed by atoms with Crippen molar-refractivity contribution in [2.75, 3.05) is 24.2 Å². The Labute approximate surface area is 222 Å². The van der Waals surface area contributed by atoms with Gasteiger partial charge in [-0.05, 0) is 81.5 Å². The molecule has 0 aliphatic rings. The maximum Gasteiger partial charge on any atom is 0.243 e. The molecule has 0 bridgehead atoms. The molecule has 0 spiro atoms. The fraction of sp³-hybridized carbons (Fsp3) is 0.500. The molecule has 0 aliphatic heterocycles. The molecule has 2 aromatic rings. The lowest BCUT2D eigenvalue weighted by Gasteiger charge is -2.31. The average molecular weight is 532 g/mol. The van der Waals surface area contributed by atoms with Crippen molar-refractivity contribution in [3.63, 3.8) is 0 Å². The second kappa shape index (κ2) is 13.5. The summed E-state index contributed by atoms with van der Waals surface area (Å²) in [5.74, 6) is 0.306. The lowest BCUT2D eigenvalue weighted by Crippen LogP contribution is -2.50. The van der Waals surface area contributed by atoms with Crippen molar-refractivity contribution in [3.8, 4) is 5.75 Å². The highest BCUT2D eigenvalue weighted by atomic mass is 32.2. The summed E-state index contributed by atoms with van der Waals surface area (Å²) in [4.78, 5) is 28.0. The van der Waals surface area contributed by atoms with Crippen molar-refractivity contribution in [1.82, 2.24) is 10.2 Å². The summed E-state index contributed by atoms with van der Waals surface area (Å²) in [5.41, 5.74) is 3.52. The highest BCUT2D eigenvalue weighted by molar-refractivity contribution is 7.92. The van der Waals surface area contributed by atoms with Gasteiger partial charge in [0.15, 0.2) is 0 Å². The van der Waals surface area contributed by atoms with Crippen LogP contribution in [0, 0.1) is 13.8 Å². The van der Waals surface area contributed by atoms with Crippen molar-refractivity contribution in [3.05, 3.63) is 59.2 Å². The third kappa shape index (κ3) is 8.77. The zero-order chi connectivity index (χ0) is 27.8. The third-order valence-electron chi connectivity index (χ3n) is 6.26. The number of aryl methyl sites for hydroxylation is 2. The van der Waals surface area contributed by atoms with Gasteiger partial charge in [0.25, 0.3) is 0 Å². The maximum absolute atomic E-state index is 13.5. The van der Waals surface area contributed by atoms with Crippen LogP contribution in [0.4, 0.5) is 5.69 Å². The number of methoxy groups -OCH3 is 1. The molecule has 0 saturated carbocycles. The maximum atomic E-state index is 13.5. The number of benzene rings is 2. The van der Waals surface area contributed by atoms with E-state index in [4.69, 9.17) is 4.74 Å². The first kappa shape index (κ1) is 30.2. The molecular formula is C28H41N3O5S. The molecule has 0 fully saturated rings. The van der Waals surface area contributed by atoms with Crippen LogP contribution in [0.5, 0.6) is 5.75 Å². The highest BCUT2D eigenvalue weighted by Gasteiger charge is 2.29. The molecule has 2 aromatic carbocycles. The first-order valence-electron chi connectivity index (χ1n) is 12.6. The lowest BCUT2D eigenvalue weighted by atomic mass is 10.1. The lowest BCUT2D eigenvalue weighted by molar-refractivity contribution is -0.141. The summed E-state index contributed by atoms with van der Waals surface area (Å²) < 4.78 is 31.7. The number of anilines is 1. The molecule has 2 amide bonds. The number of nitrogens with zero attached hydrogens (tertiary/aromatic N) is 2. The fourth-order valence-corrected chi connectivity index (χ4v) is 5.07. The van der Waals surface area contributed by atoms with Crippen LogP contribution in [-0.4, -0.2) is 57.1 Å². The predicted octanol–water partition coefficient (Wildman–Crippen LogP) is 4.19. The molecule has 0 saturated heterocycles. The molecule has 1 unspecified atom stereocenters. The number of nitrogens with one attached hydrogen (secondary N) is 1. The van der Waals surface area contributed by atoms with E-state index in [1.165, 1.54) is 10.6 Å². The minimum absolute atomic E-state index is 0.0548. The summed E-state index contributed by atoms with van der Waals surface area (Å²) >= 11 is 0. The predicted molar refractivity (Wildman–Crippen MR) is 148 cm³/mol. The Hall–Kier alpha value is -3.07. The van der Waals surface area contributed by atoms with Gasteiger partial charge < -0.3 is 15.0 Å². The zero-order valence-corrected chi connectivity index (χ0v) is 23.9. The van der Waals surface area contributed by atoms with Gasteiger partial charge in [0.1, 0.15) is 11.8 Å². The van der Waals surface area contributed by atoms with Gasteiger partial charge in [0.2, 0.25) is 21.8 Å². The average Bonchev–Trinajstić information content (AvgIpc) is 2.82. The molecule has 0 aliphatic carbocycles. The Morgan fingerprint density at radius 1 is 1.03 bits per heavy atom. The summed E-state index contributed by atoms with van der Waals surface area (Å²) in [6, 6.07) is 12.2. The van der Waals surface area contributed by atoms with Crippen LogP contribution >= 0.6 is 0 Å². The number of hydrogen-bond acceptors (Lipinski definition) is 5. The molecule has 0 aromatic heterocycles. The second-order valence-electron chi connectivity index (χ2n) is 9.66. The van der Waals surface area contributed by atoms with Crippen LogP contribution in [0.3, 0.4) is 0 Å². The molecule has 1 N–H and O–H groups in total. The first-order valence-corrected chi connectivity index (χ1v) is 14.5. The Kier molecular flexibility index (Phi) is 11.0. The van der Waals surface area contributed by atoms with Crippen molar-refractivity contribution >= 4 is 27.5 Å². The number of ether oxygens (including phenoxy) is 1. The third-order valence-corrected chi connectivity index (χ3v) is 7.45. The molecule has 0 radical (unpaired) electrons.